The van der Waals surface area contributed by atoms with Crippen molar-refractivity contribution in [1.82, 2.24) is 5.32 Å². The van der Waals surface area contributed by atoms with Crippen LogP contribution < -0.4 is 11.1 Å². The molecule has 0 radical (unpaired) electrons. The molecule has 2 nitrogen and oxygen atoms in total. The first-order chi connectivity index (χ1) is 7.77. The van der Waals surface area contributed by atoms with Crippen molar-refractivity contribution in [2.24, 2.45) is 0 Å². The van der Waals surface area contributed by atoms with Gasteiger partial charge in [0.25, 0.3) is 0 Å². The highest BCUT2D eigenvalue weighted by atomic mass is 32.1. The maximum Gasteiger partial charge on any atom is 0.0468 e. The largest absolute Gasteiger partial charge is 0.398 e. The third-order valence-electron chi connectivity index (χ3n) is 2.87. The van der Waals surface area contributed by atoms with Crippen LogP contribution in [0, 0.1) is 0 Å². The average Bonchev–Trinajstić information content (AvgIpc) is 2.68. The highest BCUT2D eigenvalue weighted by Gasteiger charge is 2.08. The Balaban J connectivity index is 2.34. The van der Waals surface area contributed by atoms with Gasteiger partial charge in [-0.05, 0) is 24.3 Å². The fourth-order valence-electron chi connectivity index (χ4n) is 1.88. The Kier molecular flexibility index (Phi) is 6.50. The van der Waals surface area contributed by atoms with Crippen molar-refractivity contribution in [3.05, 3.63) is 16.3 Å². The molecule has 0 bridgehead atoms. The molecule has 3 N–H and O–H groups in total. The third-order valence-corrected chi connectivity index (χ3v) is 3.81. The van der Waals surface area contributed by atoms with Crippen LogP contribution in [0.2, 0.25) is 0 Å². The third kappa shape index (κ3) is 4.54. The fourth-order valence-corrected chi connectivity index (χ4v) is 2.63. The van der Waals surface area contributed by atoms with Crippen molar-refractivity contribution < 1.29 is 0 Å². The second-order valence-corrected chi connectivity index (χ2v) is 5.31. The lowest BCUT2D eigenvalue weighted by atomic mass is 10.1. The van der Waals surface area contributed by atoms with Crippen LogP contribution in [0.4, 0.5) is 5.69 Å². The van der Waals surface area contributed by atoms with Gasteiger partial charge in [-0.15, -0.1) is 11.3 Å². The van der Waals surface area contributed by atoms with E-state index in [9.17, 15) is 0 Å². The molecule has 92 valence electrons. The van der Waals surface area contributed by atoms with Gasteiger partial charge in [0.05, 0.1) is 0 Å². The van der Waals surface area contributed by atoms with Crippen molar-refractivity contribution in [2.75, 3.05) is 5.73 Å². The minimum Gasteiger partial charge on any atom is -0.398 e. The van der Waals surface area contributed by atoms with E-state index in [2.05, 4.69) is 24.5 Å². The molecule has 16 heavy (non-hydrogen) atoms. The van der Waals surface area contributed by atoms with Gasteiger partial charge in [0.15, 0.2) is 0 Å². The Hall–Kier alpha value is -0.540. The van der Waals surface area contributed by atoms with E-state index in [0.29, 0.717) is 6.04 Å². The zero-order valence-electron chi connectivity index (χ0n) is 10.5. The van der Waals surface area contributed by atoms with Gasteiger partial charge in [0.2, 0.25) is 0 Å². The van der Waals surface area contributed by atoms with Crippen LogP contribution in [0.25, 0.3) is 0 Å². The number of nitrogen functional groups attached to an aromatic ring is 1. The van der Waals surface area contributed by atoms with Crippen LogP contribution in [-0.2, 0) is 6.54 Å². The molecule has 0 amide bonds. The number of hydrogen-bond donors (Lipinski definition) is 2. The number of nitrogens with one attached hydrogen (secondary N) is 1. The minimum atomic E-state index is 0.659. The standard InChI is InChI=1S/C13H24N2S/c1-3-5-7-11(6-4-2)15-10-13-12(14)8-9-16-13/h8-9,11,15H,3-7,10,14H2,1-2H3. The van der Waals surface area contributed by atoms with E-state index >= 15 is 0 Å². The molecular weight excluding hydrogens is 216 g/mol. The first-order valence-corrected chi connectivity index (χ1v) is 7.21. The Bertz CT molecular complexity index is 283. The van der Waals surface area contributed by atoms with E-state index in [1.54, 1.807) is 11.3 Å². The smallest absolute Gasteiger partial charge is 0.0468 e. The second-order valence-electron chi connectivity index (χ2n) is 4.31. The van der Waals surface area contributed by atoms with Gasteiger partial charge < -0.3 is 11.1 Å². The maximum absolute atomic E-state index is 5.87. The zero-order chi connectivity index (χ0) is 11.8. The van der Waals surface area contributed by atoms with Crippen molar-refractivity contribution >= 4 is 17.0 Å². The Morgan fingerprint density at radius 3 is 2.69 bits per heavy atom. The van der Waals surface area contributed by atoms with Gasteiger partial charge >= 0.3 is 0 Å². The molecule has 1 rings (SSSR count). The number of unbranched alkanes of at least 4 members (excludes halogenated alkanes) is 1. The molecule has 1 atom stereocenters. The van der Waals surface area contributed by atoms with E-state index in [1.165, 1.54) is 37.0 Å². The van der Waals surface area contributed by atoms with Crippen LogP contribution in [-0.4, -0.2) is 6.04 Å². The van der Waals surface area contributed by atoms with Crippen molar-refractivity contribution in [3.63, 3.8) is 0 Å². The summed E-state index contributed by atoms with van der Waals surface area (Å²) in [6, 6.07) is 2.65. The first kappa shape index (κ1) is 13.5. The summed E-state index contributed by atoms with van der Waals surface area (Å²) in [5.74, 6) is 0. The second kappa shape index (κ2) is 7.69. The predicted octanol–water partition coefficient (Wildman–Crippen LogP) is 3.78. The van der Waals surface area contributed by atoms with Crippen molar-refractivity contribution in [2.45, 2.75) is 58.5 Å². The molecule has 0 aliphatic heterocycles. The number of nitrogens with two attached hydrogens (primary N) is 1. The summed E-state index contributed by atoms with van der Waals surface area (Å²) in [6.45, 7) is 5.43. The number of hydrogen-bond acceptors (Lipinski definition) is 3. The van der Waals surface area contributed by atoms with E-state index in [-0.39, 0.29) is 0 Å². The van der Waals surface area contributed by atoms with Crippen LogP contribution in [0.1, 0.15) is 50.8 Å². The molecule has 1 unspecified atom stereocenters. The average molecular weight is 240 g/mol. The lowest BCUT2D eigenvalue weighted by molar-refractivity contribution is 0.436. The summed E-state index contributed by atoms with van der Waals surface area (Å²) in [6.07, 6.45) is 6.41. The van der Waals surface area contributed by atoms with Gasteiger partial charge in [0, 0.05) is 23.2 Å². The monoisotopic (exact) mass is 240 g/mol. The number of rotatable bonds is 8. The summed E-state index contributed by atoms with van der Waals surface area (Å²) >= 11 is 1.75. The summed E-state index contributed by atoms with van der Waals surface area (Å²) in [7, 11) is 0. The quantitative estimate of drug-likeness (QED) is 0.725. The van der Waals surface area contributed by atoms with Crippen molar-refractivity contribution in [3.8, 4) is 0 Å². The molecule has 0 aliphatic carbocycles. The van der Waals surface area contributed by atoms with Crippen molar-refractivity contribution in [1.29, 1.82) is 0 Å². The molecule has 0 aromatic carbocycles. The number of anilines is 1. The molecule has 1 aromatic heterocycles. The molecule has 1 aromatic rings. The van der Waals surface area contributed by atoms with Crippen LogP contribution >= 0.6 is 11.3 Å². The number of thiophene rings is 1. The SMILES string of the molecule is CCCCC(CCC)NCc1sccc1N. The van der Waals surface area contributed by atoms with Crippen LogP contribution in [0.15, 0.2) is 11.4 Å². The summed E-state index contributed by atoms with van der Waals surface area (Å²) in [4.78, 5) is 1.28. The molecule has 0 saturated carbocycles. The first-order valence-electron chi connectivity index (χ1n) is 6.33. The Labute approximate surface area is 103 Å². The summed E-state index contributed by atoms with van der Waals surface area (Å²) in [5.41, 5.74) is 6.80. The Morgan fingerprint density at radius 1 is 1.31 bits per heavy atom. The van der Waals surface area contributed by atoms with E-state index in [4.69, 9.17) is 5.73 Å². The van der Waals surface area contributed by atoms with Gasteiger partial charge in [-0.2, -0.15) is 0 Å². The maximum atomic E-state index is 5.87. The van der Waals surface area contributed by atoms with Gasteiger partial charge in [-0.25, -0.2) is 0 Å². The van der Waals surface area contributed by atoms with E-state index in [1.807, 2.05) is 6.07 Å². The normalized spacial score (nSPS) is 12.9. The lowest BCUT2D eigenvalue weighted by Gasteiger charge is -2.17. The Morgan fingerprint density at radius 2 is 2.12 bits per heavy atom. The van der Waals surface area contributed by atoms with Gasteiger partial charge in [-0.1, -0.05) is 33.1 Å². The van der Waals surface area contributed by atoms with Crippen LogP contribution in [0.3, 0.4) is 0 Å². The molecule has 1 heterocycles. The highest BCUT2D eigenvalue weighted by molar-refractivity contribution is 7.10. The summed E-state index contributed by atoms with van der Waals surface area (Å²) in [5, 5.41) is 5.69. The topological polar surface area (TPSA) is 38.0 Å². The molecule has 0 fully saturated rings. The van der Waals surface area contributed by atoms with E-state index in [0.717, 1.165) is 12.2 Å². The minimum absolute atomic E-state index is 0.659. The summed E-state index contributed by atoms with van der Waals surface area (Å²) < 4.78 is 0. The highest BCUT2D eigenvalue weighted by Crippen LogP contribution is 2.19. The molecular formula is C13H24N2S. The zero-order valence-corrected chi connectivity index (χ0v) is 11.3. The fraction of sp³-hybridized carbons (Fsp3) is 0.692. The predicted molar refractivity (Wildman–Crippen MR) is 73.8 cm³/mol. The molecule has 0 aliphatic rings. The van der Waals surface area contributed by atoms with Gasteiger partial charge in [-0.3, -0.25) is 0 Å². The molecule has 0 spiro atoms. The molecule has 0 saturated heterocycles. The lowest BCUT2D eigenvalue weighted by Crippen LogP contribution is -2.28. The van der Waals surface area contributed by atoms with Gasteiger partial charge in [0.1, 0.15) is 0 Å². The van der Waals surface area contributed by atoms with E-state index < -0.39 is 0 Å². The molecule has 3 heteroatoms. The van der Waals surface area contributed by atoms with Crippen LogP contribution in [0.5, 0.6) is 0 Å².